The highest BCUT2D eigenvalue weighted by Crippen LogP contribution is 2.30. The van der Waals surface area contributed by atoms with Gasteiger partial charge in [-0.3, -0.25) is 14.6 Å². The molecular formula is C19H35N3O. The molecule has 0 aromatic rings. The zero-order chi connectivity index (χ0) is 16.6. The number of nitrogens with zero attached hydrogens (tertiary/aromatic N) is 3. The third-order valence-electron chi connectivity index (χ3n) is 6.43. The predicted octanol–water partition coefficient (Wildman–Crippen LogP) is 2.44. The average Bonchev–Trinajstić information content (AvgIpc) is 2.46. The Morgan fingerprint density at radius 1 is 0.957 bits per heavy atom. The number of carbonyl (C=O) groups is 1. The number of hydrogen-bond acceptors (Lipinski definition) is 3. The van der Waals surface area contributed by atoms with E-state index in [0.717, 1.165) is 44.7 Å². The van der Waals surface area contributed by atoms with E-state index >= 15 is 0 Å². The Kier molecular flexibility index (Phi) is 5.32. The Hall–Kier alpha value is -0.610. The Morgan fingerprint density at radius 3 is 2.17 bits per heavy atom. The van der Waals surface area contributed by atoms with Gasteiger partial charge in [0.25, 0.3) is 0 Å². The van der Waals surface area contributed by atoms with Crippen molar-refractivity contribution < 1.29 is 4.79 Å². The monoisotopic (exact) mass is 321 g/mol. The number of hydrogen-bond donors (Lipinski definition) is 0. The minimum atomic E-state index is 0.256. The molecule has 4 heteroatoms. The van der Waals surface area contributed by atoms with Gasteiger partial charge in [0.15, 0.2) is 0 Å². The number of amides is 1. The van der Waals surface area contributed by atoms with E-state index in [1.165, 1.54) is 25.7 Å². The third kappa shape index (κ3) is 3.74. The van der Waals surface area contributed by atoms with Crippen LogP contribution < -0.4 is 0 Å². The van der Waals surface area contributed by atoms with E-state index < -0.39 is 0 Å². The first kappa shape index (κ1) is 17.2. The van der Waals surface area contributed by atoms with Crippen LogP contribution in [0.2, 0.25) is 0 Å². The van der Waals surface area contributed by atoms with Crippen LogP contribution in [0, 0.1) is 11.8 Å². The molecule has 4 nitrogen and oxygen atoms in total. The van der Waals surface area contributed by atoms with Crippen molar-refractivity contribution in [3.63, 3.8) is 0 Å². The second-order valence-corrected chi connectivity index (χ2v) is 8.53. The molecule has 1 amide bonds. The Morgan fingerprint density at radius 2 is 1.61 bits per heavy atom. The Bertz CT molecular complexity index is 411. The van der Waals surface area contributed by atoms with E-state index in [1.807, 2.05) is 0 Å². The quantitative estimate of drug-likeness (QED) is 0.799. The molecule has 0 bridgehead atoms. The van der Waals surface area contributed by atoms with Crippen LogP contribution in [0.1, 0.15) is 53.4 Å². The lowest BCUT2D eigenvalue weighted by Gasteiger charge is -2.48. The summed E-state index contributed by atoms with van der Waals surface area (Å²) in [5, 5.41) is 0. The molecule has 3 rings (SSSR count). The molecule has 23 heavy (non-hydrogen) atoms. The Labute approximate surface area is 142 Å². The van der Waals surface area contributed by atoms with Gasteiger partial charge in [0.1, 0.15) is 0 Å². The smallest absolute Gasteiger partial charge is 0.228 e. The highest BCUT2D eigenvalue weighted by molar-refractivity contribution is 5.80. The molecule has 3 fully saturated rings. The molecule has 0 radical (unpaired) electrons. The number of likely N-dealkylation sites (tertiary alicyclic amines) is 1. The normalized spacial score (nSPS) is 34.7. The van der Waals surface area contributed by atoms with E-state index in [9.17, 15) is 4.79 Å². The van der Waals surface area contributed by atoms with Crippen molar-refractivity contribution in [3.05, 3.63) is 0 Å². The molecule has 0 aromatic carbocycles. The van der Waals surface area contributed by atoms with Crippen molar-refractivity contribution >= 4 is 5.91 Å². The van der Waals surface area contributed by atoms with Gasteiger partial charge in [0.05, 0.1) is 5.92 Å². The van der Waals surface area contributed by atoms with Crippen LogP contribution >= 0.6 is 0 Å². The van der Waals surface area contributed by atoms with Crippen LogP contribution in [0.15, 0.2) is 0 Å². The summed E-state index contributed by atoms with van der Waals surface area (Å²) in [6.07, 6.45) is 5.46. The second kappa shape index (κ2) is 7.10. The molecule has 3 aliphatic rings. The summed E-state index contributed by atoms with van der Waals surface area (Å²) in [6.45, 7) is 14.0. The molecule has 132 valence electrons. The molecular weight excluding hydrogens is 286 g/mol. The van der Waals surface area contributed by atoms with Crippen LogP contribution in [-0.2, 0) is 4.79 Å². The minimum absolute atomic E-state index is 0.256. The topological polar surface area (TPSA) is 26.8 Å². The first-order chi connectivity index (χ1) is 11.0. The van der Waals surface area contributed by atoms with Crippen LogP contribution in [0.5, 0.6) is 0 Å². The van der Waals surface area contributed by atoms with Gasteiger partial charge in [-0.25, -0.2) is 0 Å². The molecule has 1 saturated carbocycles. The summed E-state index contributed by atoms with van der Waals surface area (Å²) >= 11 is 0. The van der Waals surface area contributed by atoms with E-state index in [4.69, 9.17) is 0 Å². The summed E-state index contributed by atoms with van der Waals surface area (Å²) in [5.74, 6) is 1.57. The summed E-state index contributed by atoms with van der Waals surface area (Å²) in [6, 6.07) is 1.86. The molecule has 1 atom stereocenters. The average molecular weight is 322 g/mol. The fraction of sp³-hybridized carbons (Fsp3) is 0.947. The van der Waals surface area contributed by atoms with Crippen LogP contribution in [0.25, 0.3) is 0 Å². The van der Waals surface area contributed by atoms with E-state index in [-0.39, 0.29) is 5.92 Å². The number of piperazine rings is 1. The lowest BCUT2D eigenvalue weighted by Crippen LogP contribution is -2.62. The zero-order valence-electron chi connectivity index (χ0n) is 15.5. The number of carbonyl (C=O) groups excluding carboxylic acids is 1. The van der Waals surface area contributed by atoms with Crippen molar-refractivity contribution in [2.45, 2.75) is 71.5 Å². The van der Waals surface area contributed by atoms with Gasteiger partial charge in [-0.15, -0.1) is 0 Å². The van der Waals surface area contributed by atoms with Gasteiger partial charge in [-0.05, 0) is 52.4 Å². The fourth-order valence-corrected chi connectivity index (χ4v) is 4.64. The maximum Gasteiger partial charge on any atom is 0.228 e. The molecule has 1 unspecified atom stereocenters. The van der Waals surface area contributed by atoms with E-state index in [2.05, 4.69) is 42.4 Å². The molecule has 0 N–H and O–H groups in total. The summed E-state index contributed by atoms with van der Waals surface area (Å²) in [4.78, 5) is 19.9. The number of rotatable bonds is 3. The summed E-state index contributed by atoms with van der Waals surface area (Å²) in [7, 11) is 0. The van der Waals surface area contributed by atoms with Gasteiger partial charge in [-0.1, -0.05) is 6.92 Å². The van der Waals surface area contributed by atoms with Gasteiger partial charge < -0.3 is 4.90 Å². The highest BCUT2D eigenvalue weighted by atomic mass is 16.2. The molecule has 1 aliphatic carbocycles. The van der Waals surface area contributed by atoms with E-state index in [0.29, 0.717) is 18.0 Å². The second-order valence-electron chi connectivity index (χ2n) is 8.53. The molecule has 0 aromatic heterocycles. The zero-order valence-corrected chi connectivity index (χ0v) is 15.5. The molecule has 2 aliphatic heterocycles. The summed E-state index contributed by atoms with van der Waals surface area (Å²) in [5.41, 5.74) is 0. The highest BCUT2D eigenvalue weighted by Gasteiger charge is 2.39. The van der Waals surface area contributed by atoms with Crippen LogP contribution in [0.4, 0.5) is 0 Å². The lowest BCUT2D eigenvalue weighted by atomic mass is 9.85. The first-order valence-corrected chi connectivity index (χ1v) is 9.74. The molecule has 2 saturated heterocycles. The van der Waals surface area contributed by atoms with Gasteiger partial charge in [-0.2, -0.15) is 0 Å². The Balaban J connectivity index is 1.48. The van der Waals surface area contributed by atoms with Gasteiger partial charge in [0, 0.05) is 50.8 Å². The van der Waals surface area contributed by atoms with Crippen LogP contribution in [-0.4, -0.2) is 71.5 Å². The van der Waals surface area contributed by atoms with Crippen molar-refractivity contribution in [2.24, 2.45) is 11.8 Å². The minimum Gasteiger partial charge on any atom is -0.340 e. The predicted molar refractivity (Wildman–Crippen MR) is 94.4 cm³/mol. The van der Waals surface area contributed by atoms with Crippen molar-refractivity contribution in [3.8, 4) is 0 Å². The van der Waals surface area contributed by atoms with Gasteiger partial charge in [0.2, 0.25) is 5.91 Å². The maximum atomic E-state index is 12.7. The lowest BCUT2D eigenvalue weighted by molar-refractivity contribution is -0.145. The SMILES string of the molecule is CC1CCC(N2CCN(C(=O)C3CN(C(C)C)C3)CC2C)CC1. The third-order valence-corrected chi connectivity index (χ3v) is 6.43. The van der Waals surface area contributed by atoms with Crippen molar-refractivity contribution in [1.82, 2.24) is 14.7 Å². The van der Waals surface area contributed by atoms with Crippen LogP contribution in [0.3, 0.4) is 0 Å². The summed E-state index contributed by atoms with van der Waals surface area (Å²) < 4.78 is 0. The largest absolute Gasteiger partial charge is 0.340 e. The molecule has 0 spiro atoms. The van der Waals surface area contributed by atoms with Crippen molar-refractivity contribution in [2.75, 3.05) is 32.7 Å². The van der Waals surface area contributed by atoms with E-state index in [1.54, 1.807) is 0 Å². The maximum absolute atomic E-state index is 12.7. The first-order valence-electron chi connectivity index (χ1n) is 9.74. The van der Waals surface area contributed by atoms with Crippen molar-refractivity contribution in [1.29, 1.82) is 0 Å². The van der Waals surface area contributed by atoms with Gasteiger partial charge >= 0.3 is 0 Å². The standard InChI is InChI=1S/C19H35N3O/c1-14(2)21-12-17(13-21)19(23)20-9-10-22(16(4)11-20)18-7-5-15(3)6-8-18/h14-18H,5-13H2,1-4H3. The fourth-order valence-electron chi connectivity index (χ4n) is 4.64. The molecule has 2 heterocycles.